The van der Waals surface area contributed by atoms with Crippen LogP contribution in [0.25, 0.3) is 0 Å². The molecule has 9 heavy (non-hydrogen) atoms. The number of halogens is 1. The molecule has 0 aliphatic rings. The molecule has 0 atom stereocenters. The average molecular weight is 236 g/mol. The van der Waals surface area contributed by atoms with Crippen LogP contribution in [0, 0.1) is 0 Å². The zero-order valence-corrected chi connectivity index (χ0v) is 7.42. The molecule has 2 N–H and O–H groups in total. The first-order chi connectivity index (χ1) is 4.16. The largest absolute Gasteiger partial charge is 0.384 e. The van der Waals surface area contributed by atoms with Crippen molar-refractivity contribution in [1.82, 2.24) is 0 Å². The SMILES string of the molecule is C=C(I)/C=N\C(N)=C/C. The van der Waals surface area contributed by atoms with Crippen molar-refractivity contribution >= 4 is 28.8 Å². The minimum Gasteiger partial charge on any atom is -0.384 e. The van der Waals surface area contributed by atoms with Gasteiger partial charge < -0.3 is 5.73 Å². The molecule has 0 radical (unpaired) electrons. The summed E-state index contributed by atoms with van der Waals surface area (Å²) < 4.78 is 0.873. The number of nitrogens with zero attached hydrogens (tertiary/aromatic N) is 1. The van der Waals surface area contributed by atoms with E-state index in [2.05, 4.69) is 34.2 Å². The summed E-state index contributed by atoms with van der Waals surface area (Å²) in [6.07, 6.45) is 3.35. The normalized spacial score (nSPS) is 12.4. The van der Waals surface area contributed by atoms with E-state index in [-0.39, 0.29) is 0 Å². The summed E-state index contributed by atoms with van der Waals surface area (Å²) >= 11 is 2.07. The molecule has 2 nitrogen and oxygen atoms in total. The molecule has 50 valence electrons. The Labute approximate surface area is 68.7 Å². The molecule has 0 aromatic rings. The monoisotopic (exact) mass is 236 g/mol. The van der Waals surface area contributed by atoms with E-state index < -0.39 is 0 Å². The Balaban J connectivity index is 3.86. The summed E-state index contributed by atoms with van der Waals surface area (Å²) in [6, 6.07) is 0. The number of allylic oxidation sites excluding steroid dienone is 2. The molecule has 0 amide bonds. The maximum Gasteiger partial charge on any atom is 0.118 e. The zero-order chi connectivity index (χ0) is 7.28. The Morgan fingerprint density at radius 3 is 2.67 bits per heavy atom. The molecular weight excluding hydrogens is 227 g/mol. The van der Waals surface area contributed by atoms with Gasteiger partial charge in [-0.3, -0.25) is 0 Å². The van der Waals surface area contributed by atoms with Crippen LogP contribution in [0.3, 0.4) is 0 Å². The number of hydrogen-bond donors (Lipinski definition) is 1. The Morgan fingerprint density at radius 2 is 2.33 bits per heavy atom. The summed E-state index contributed by atoms with van der Waals surface area (Å²) in [5.41, 5.74) is 5.34. The van der Waals surface area contributed by atoms with Crippen LogP contribution in [0.2, 0.25) is 0 Å². The second-order valence-electron chi connectivity index (χ2n) is 1.42. The Morgan fingerprint density at radius 1 is 1.78 bits per heavy atom. The highest BCUT2D eigenvalue weighted by molar-refractivity contribution is 14.1. The van der Waals surface area contributed by atoms with Crippen LogP contribution in [0.15, 0.2) is 27.0 Å². The lowest BCUT2D eigenvalue weighted by Crippen LogP contribution is -1.91. The second kappa shape index (κ2) is 4.55. The smallest absolute Gasteiger partial charge is 0.118 e. The van der Waals surface area contributed by atoms with Gasteiger partial charge in [-0.1, -0.05) is 6.58 Å². The predicted octanol–water partition coefficient (Wildman–Crippen LogP) is 1.83. The third kappa shape index (κ3) is 5.55. The lowest BCUT2D eigenvalue weighted by molar-refractivity contribution is 1.24. The zero-order valence-electron chi connectivity index (χ0n) is 5.26. The Hall–Kier alpha value is -0.320. The van der Waals surface area contributed by atoms with Gasteiger partial charge in [-0.2, -0.15) is 0 Å². The lowest BCUT2D eigenvalue weighted by atomic mass is 10.6. The lowest BCUT2D eigenvalue weighted by Gasteiger charge is -1.86. The van der Waals surface area contributed by atoms with Gasteiger partial charge in [0.25, 0.3) is 0 Å². The summed E-state index contributed by atoms with van der Waals surface area (Å²) in [5, 5.41) is 0. The first-order valence-corrected chi connectivity index (χ1v) is 3.55. The summed E-state index contributed by atoms with van der Waals surface area (Å²) in [6.45, 7) is 5.45. The van der Waals surface area contributed by atoms with Gasteiger partial charge >= 0.3 is 0 Å². The first-order valence-electron chi connectivity index (χ1n) is 2.47. The van der Waals surface area contributed by atoms with Gasteiger partial charge in [-0.05, 0) is 35.6 Å². The molecule has 3 heteroatoms. The molecule has 0 fully saturated rings. The first kappa shape index (κ1) is 8.68. The molecule has 0 aliphatic carbocycles. The van der Waals surface area contributed by atoms with Crippen molar-refractivity contribution in [3.8, 4) is 0 Å². The van der Waals surface area contributed by atoms with Crippen LogP contribution in [0.1, 0.15) is 6.92 Å². The fourth-order valence-corrected chi connectivity index (χ4v) is 0.358. The van der Waals surface area contributed by atoms with E-state index >= 15 is 0 Å². The van der Waals surface area contributed by atoms with Crippen molar-refractivity contribution < 1.29 is 0 Å². The number of rotatable bonds is 2. The minimum atomic E-state index is 0.521. The van der Waals surface area contributed by atoms with Gasteiger partial charge in [-0.15, -0.1) is 0 Å². The van der Waals surface area contributed by atoms with Gasteiger partial charge in [-0.25, -0.2) is 4.99 Å². The van der Waals surface area contributed by atoms with Crippen LogP contribution in [-0.4, -0.2) is 6.21 Å². The molecule has 0 spiro atoms. The molecule has 0 unspecified atom stereocenters. The molecule has 0 aromatic heterocycles. The summed E-state index contributed by atoms with van der Waals surface area (Å²) in [7, 11) is 0. The third-order valence-electron chi connectivity index (χ3n) is 0.649. The molecule has 0 saturated heterocycles. The fraction of sp³-hybridized carbons (Fsp3) is 0.167. The van der Waals surface area contributed by atoms with E-state index in [1.54, 1.807) is 12.3 Å². The van der Waals surface area contributed by atoms with Gasteiger partial charge in [0.1, 0.15) is 5.82 Å². The summed E-state index contributed by atoms with van der Waals surface area (Å²) in [5.74, 6) is 0.521. The molecule has 0 saturated carbocycles. The molecule has 0 aromatic carbocycles. The van der Waals surface area contributed by atoms with Crippen LogP contribution in [0.5, 0.6) is 0 Å². The maximum atomic E-state index is 5.34. The van der Waals surface area contributed by atoms with Crippen molar-refractivity contribution in [2.45, 2.75) is 6.92 Å². The standard InChI is InChI=1S/C6H9IN2/c1-3-6(8)9-4-5(2)7/h3-4H,2,8H2,1H3/b6-3-,9-4-. The van der Waals surface area contributed by atoms with Crippen molar-refractivity contribution in [1.29, 1.82) is 0 Å². The van der Waals surface area contributed by atoms with Crippen LogP contribution < -0.4 is 5.73 Å². The van der Waals surface area contributed by atoms with Crippen LogP contribution in [0.4, 0.5) is 0 Å². The average Bonchev–Trinajstić information content (AvgIpc) is 1.83. The van der Waals surface area contributed by atoms with Crippen molar-refractivity contribution in [2.75, 3.05) is 0 Å². The third-order valence-corrected chi connectivity index (χ3v) is 0.928. The molecule has 0 heterocycles. The maximum absolute atomic E-state index is 5.34. The number of hydrogen-bond acceptors (Lipinski definition) is 2. The van der Waals surface area contributed by atoms with Crippen molar-refractivity contribution in [3.05, 3.63) is 22.1 Å². The fourth-order valence-electron chi connectivity index (χ4n) is 0.219. The Bertz CT molecular complexity index is 158. The molecular formula is C6H9IN2. The van der Waals surface area contributed by atoms with Crippen molar-refractivity contribution in [2.24, 2.45) is 10.7 Å². The van der Waals surface area contributed by atoms with Crippen LogP contribution in [-0.2, 0) is 0 Å². The number of aliphatic imine (C=N–C) groups is 1. The van der Waals surface area contributed by atoms with E-state index in [9.17, 15) is 0 Å². The van der Waals surface area contributed by atoms with E-state index in [4.69, 9.17) is 5.73 Å². The van der Waals surface area contributed by atoms with E-state index in [1.807, 2.05) is 6.92 Å². The van der Waals surface area contributed by atoms with Crippen LogP contribution >= 0.6 is 22.6 Å². The highest BCUT2D eigenvalue weighted by atomic mass is 127. The quantitative estimate of drug-likeness (QED) is 0.576. The molecule has 0 aliphatic heterocycles. The minimum absolute atomic E-state index is 0.521. The number of nitrogens with two attached hydrogens (primary N) is 1. The van der Waals surface area contributed by atoms with Gasteiger partial charge in [0.15, 0.2) is 0 Å². The van der Waals surface area contributed by atoms with Crippen molar-refractivity contribution in [3.63, 3.8) is 0 Å². The van der Waals surface area contributed by atoms with Gasteiger partial charge in [0.05, 0.1) is 0 Å². The van der Waals surface area contributed by atoms with E-state index in [0.29, 0.717) is 5.82 Å². The molecule has 0 bridgehead atoms. The van der Waals surface area contributed by atoms with Gasteiger partial charge in [0, 0.05) is 9.79 Å². The van der Waals surface area contributed by atoms with Gasteiger partial charge in [0.2, 0.25) is 0 Å². The second-order valence-corrected chi connectivity index (χ2v) is 2.80. The molecule has 0 rings (SSSR count). The van der Waals surface area contributed by atoms with E-state index in [0.717, 1.165) is 3.58 Å². The van der Waals surface area contributed by atoms with E-state index in [1.165, 1.54) is 0 Å². The highest BCUT2D eigenvalue weighted by Gasteiger charge is 1.78. The summed E-state index contributed by atoms with van der Waals surface area (Å²) in [4.78, 5) is 3.85. The topological polar surface area (TPSA) is 38.4 Å². The Kier molecular flexibility index (Phi) is 4.39. The predicted molar refractivity (Wildman–Crippen MR) is 49.6 cm³/mol. The highest BCUT2D eigenvalue weighted by Crippen LogP contribution is 1.97.